The average molecular weight is 299 g/mol. The molecule has 2 heterocycles. The van der Waals surface area contributed by atoms with Gasteiger partial charge in [0, 0.05) is 31.0 Å². The molecule has 0 aliphatic carbocycles. The van der Waals surface area contributed by atoms with Crippen molar-refractivity contribution < 1.29 is 4.74 Å². The van der Waals surface area contributed by atoms with Gasteiger partial charge in [-0.2, -0.15) is 5.10 Å². The number of halogens is 1. The molecule has 1 aliphatic rings. The van der Waals surface area contributed by atoms with Gasteiger partial charge in [0.2, 0.25) is 0 Å². The minimum atomic E-state index is 0.100. The van der Waals surface area contributed by atoms with E-state index in [9.17, 15) is 0 Å². The van der Waals surface area contributed by atoms with Gasteiger partial charge in [-0.25, -0.2) is 0 Å². The monoisotopic (exact) mass is 298 g/mol. The number of hydrogen-bond acceptors (Lipinski definition) is 2. The van der Waals surface area contributed by atoms with Crippen LogP contribution in [0.2, 0.25) is 0 Å². The van der Waals surface area contributed by atoms with Gasteiger partial charge in [0.05, 0.1) is 11.1 Å². The van der Waals surface area contributed by atoms with Crippen LogP contribution in [0.5, 0.6) is 0 Å². The second-order valence-electron chi connectivity index (χ2n) is 5.63. The maximum absolute atomic E-state index is 6.54. The summed E-state index contributed by atoms with van der Waals surface area (Å²) in [6, 6.07) is 0. The van der Waals surface area contributed by atoms with Crippen molar-refractivity contribution in [2.45, 2.75) is 64.8 Å². The molecular weight excluding hydrogens is 272 g/mol. The standard InChI is InChI=1S/C16H27ClN2O/c1-4-13(17)16-14(5-2)18-19(15(16)6-3)11-12-7-9-20-10-8-12/h12-13H,4-11H2,1-3H3. The van der Waals surface area contributed by atoms with E-state index in [0.717, 1.165) is 51.9 Å². The molecule has 0 radical (unpaired) electrons. The molecular formula is C16H27ClN2O. The van der Waals surface area contributed by atoms with E-state index in [1.54, 1.807) is 0 Å². The van der Waals surface area contributed by atoms with Crippen molar-refractivity contribution in [2.24, 2.45) is 5.92 Å². The summed E-state index contributed by atoms with van der Waals surface area (Å²) in [6.45, 7) is 9.34. The van der Waals surface area contributed by atoms with Crippen LogP contribution in [-0.4, -0.2) is 23.0 Å². The molecule has 0 amide bonds. The van der Waals surface area contributed by atoms with Crippen molar-refractivity contribution >= 4 is 11.6 Å². The highest BCUT2D eigenvalue weighted by molar-refractivity contribution is 6.20. The molecule has 0 saturated carbocycles. The van der Waals surface area contributed by atoms with Crippen LogP contribution in [-0.2, 0) is 24.1 Å². The van der Waals surface area contributed by atoms with E-state index in [1.807, 2.05) is 0 Å². The van der Waals surface area contributed by atoms with E-state index in [2.05, 4.69) is 25.5 Å². The Morgan fingerprint density at radius 1 is 1.25 bits per heavy atom. The van der Waals surface area contributed by atoms with E-state index in [-0.39, 0.29) is 5.38 Å². The molecule has 1 unspecified atom stereocenters. The van der Waals surface area contributed by atoms with Crippen molar-refractivity contribution in [1.29, 1.82) is 0 Å². The number of hydrogen-bond donors (Lipinski definition) is 0. The highest BCUT2D eigenvalue weighted by Crippen LogP contribution is 2.32. The summed E-state index contributed by atoms with van der Waals surface area (Å²) in [5.41, 5.74) is 3.83. The Kier molecular flexibility index (Phi) is 5.91. The number of ether oxygens (including phenoxy) is 1. The Morgan fingerprint density at radius 3 is 2.50 bits per heavy atom. The zero-order valence-corrected chi connectivity index (χ0v) is 13.7. The summed E-state index contributed by atoms with van der Waals surface area (Å²) in [6.07, 6.45) is 5.24. The molecule has 1 atom stereocenters. The number of aryl methyl sites for hydroxylation is 1. The van der Waals surface area contributed by atoms with E-state index in [0.29, 0.717) is 5.92 Å². The normalized spacial score (nSPS) is 18.4. The van der Waals surface area contributed by atoms with Gasteiger partial charge >= 0.3 is 0 Å². The molecule has 0 aromatic carbocycles. The Morgan fingerprint density at radius 2 is 1.95 bits per heavy atom. The molecule has 0 spiro atoms. The maximum Gasteiger partial charge on any atom is 0.0671 e. The van der Waals surface area contributed by atoms with Crippen LogP contribution in [0.25, 0.3) is 0 Å². The lowest BCUT2D eigenvalue weighted by Crippen LogP contribution is -2.22. The average Bonchev–Trinajstić information content (AvgIpc) is 2.85. The number of nitrogens with zero attached hydrogens (tertiary/aromatic N) is 2. The lowest BCUT2D eigenvalue weighted by molar-refractivity contribution is 0.0598. The van der Waals surface area contributed by atoms with Gasteiger partial charge in [-0.3, -0.25) is 4.68 Å². The third kappa shape index (κ3) is 3.37. The Labute approximate surface area is 127 Å². The van der Waals surface area contributed by atoms with Crippen LogP contribution in [0.3, 0.4) is 0 Å². The van der Waals surface area contributed by atoms with Gasteiger partial charge in [0.25, 0.3) is 0 Å². The van der Waals surface area contributed by atoms with Crippen LogP contribution in [0.15, 0.2) is 0 Å². The van der Waals surface area contributed by atoms with Crippen LogP contribution in [0.1, 0.15) is 62.4 Å². The second-order valence-corrected chi connectivity index (χ2v) is 6.15. The lowest BCUT2D eigenvalue weighted by atomic mass is 10.00. The molecule has 0 bridgehead atoms. The molecule has 1 saturated heterocycles. The van der Waals surface area contributed by atoms with Crippen molar-refractivity contribution in [3.05, 3.63) is 17.0 Å². The third-order valence-electron chi connectivity index (χ3n) is 4.29. The van der Waals surface area contributed by atoms with Gasteiger partial charge in [0.15, 0.2) is 0 Å². The predicted octanol–water partition coefficient (Wildman–Crippen LogP) is 4.12. The highest BCUT2D eigenvalue weighted by atomic mass is 35.5. The minimum Gasteiger partial charge on any atom is -0.381 e. The summed E-state index contributed by atoms with van der Waals surface area (Å²) < 4.78 is 7.68. The number of rotatable bonds is 6. The van der Waals surface area contributed by atoms with Gasteiger partial charge in [0.1, 0.15) is 0 Å². The van der Waals surface area contributed by atoms with Crippen molar-refractivity contribution in [2.75, 3.05) is 13.2 Å². The molecule has 3 nitrogen and oxygen atoms in total. The molecule has 1 fully saturated rings. The quantitative estimate of drug-likeness (QED) is 0.739. The fraction of sp³-hybridized carbons (Fsp3) is 0.812. The Bertz CT molecular complexity index is 424. The van der Waals surface area contributed by atoms with Gasteiger partial charge < -0.3 is 4.74 Å². The highest BCUT2D eigenvalue weighted by Gasteiger charge is 2.23. The molecule has 0 N–H and O–H groups in total. The summed E-state index contributed by atoms with van der Waals surface area (Å²) >= 11 is 6.54. The Hall–Kier alpha value is -0.540. The van der Waals surface area contributed by atoms with Crippen LogP contribution < -0.4 is 0 Å². The summed E-state index contributed by atoms with van der Waals surface area (Å²) in [7, 11) is 0. The maximum atomic E-state index is 6.54. The van der Waals surface area contributed by atoms with Crippen molar-refractivity contribution in [3.63, 3.8) is 0 Å². The van der Waals surface area contributed by atoms with Crippen LogP contribution >= 0.6 is 11.6 Å². The topological polar surface area (TPSA) is 27.1 Å². The summed E-state index contributed by atoms with van der Waals surface area (Å²) in [5.74, 6) is 0.696. The zero-order valence-electron chi connectivity index (χ0n) is 13.0. The molecule has 1 aromatic heterocycles. The van der Waals surface area contributed by atoms with Crippen LogP contribution in [0, 0.1) is 5.92 Å². The first kappa shape index (κ1) is 15.8. The predicted molar refractivity (Wildman–Crippen MR) is 83.4 cm³/mol. The first-order valence-corrected chi connectivity index (χ1v) is 8.45. The zero-order chi connectivity index (χ0) is 14.5. The minimum absolute atomic E-state index is 0.100. The summed E-state index contributed by atoms with van der Waals surface area (Å²) in [5, 5.41) is 4.95. The van der Waals surface area contributed by atoms with Crippen molar-refractivity contribution in [3.8, 4) is 0 Å². The largest absolute Gasteiger partial charge is 0.381 e. The second kappa shape index (κ2) is 7.46. The van der Waals surface area contributed by atoms with Crippen molar-refractivity contribution in [1.82, 2.24) is 9.78 Å². The fourth-order valence-electron chi connectivity index (χ4n) is 3.09. The molecule has 4 heteroatoms. The molecule has 20 heavy (non-hydrogen) atoms. The van der Waals surface area contributed by atoms with E-state index in [1.165, 1.54) is 17.0 Å². The third-order valence-corrected chi connectivity index (χ3v) is 4.82. The molecule has 114 valence electrons. The Balaban J connectivity index is 2.25. The molecule has 1 aliphatic heterocycles. The SMILES string of the molecule is CCc1nn(CC2CCOCC2)c(CC)c1C(Cl)CC. The van der Waals surface area contributed by atoms with Gasteiger partial charge in [-0.15, -0.1) is 11.6 Å². The van der Waals surface area contributed by atoms with Gasteiger partial charge in [-0.1, -0.05) is 20.8 Å². The first-order chi connectivity index (χ1) is 9.71. The number of alkyl halides is 1. The molecule has 1 aromatic rings. The number of aromatic nitrogens is 2. The van der Waals surface area contributed by atoms with E-state index in [4.69, 9.17) is 21.4 Å². The summed E-state index contributed by atoms with van der Waals surface area (Å²) in [4.78, 5) is 0. The van der Waals surface area contributed by atoms with E-state index >= 15 is 0 Å². The smallest absolute Gasteiger partial charge is 0.0671 e. The lowest BCUT2D eigenvalue weighted by Gasteiger charge is -2.23. The van der Waals surface area contributed by atoms with E-state index < -0.39 is 0 Å². The fourth-order valence-corrected chi connectivity index (χ4v) is 3.34. The first-order valence-electron chi connectivity index (χ1n) is 8.01. The van der Waals surface area contributed by atoms with Gasteiger partial charge in [-0.05, 0) is 38.0 Å². The molecule has 2 rings (SSSR count). The van der Waals surface area contributed by atoms with Crippen LogP contribution in [0.4, 0.5) is 0 Å².